The quantitative estimate of drug-likeness (QED) is 0.205. The Bertz CT molecular complexity index is 922. The highest BCUT2D eigenvalue weighted by atomic mass is 16.5. The molecule has 0 aliphatic heterocycles. The standard InChI is InChI=1S/C30H35NO3/c1-3-4-5-15-22-27(29(33)34-2)31-28(32)23-30(24-16-9-6-10-17-24,25-18-11-7-12-19-25)26-20-13-8-14-21-26/h6-14,16-21,27H,3-5,15,22-23H2,1-2H3,(H,31,32)/t27-/m0/s1. The van der Waals surface area contributed by atoms with Crippen LogP contribution in [0.5, 0.6) is 0 Å². The van der Waals surface area contributed by atoms with Gasteiger partial charge in [-0.15, -0.1) is 0 Å². The molecular formula is C30H35NO3. The summed E-state index contributed by atoms with van der Waals surface area (Å²) in [5.74, 6) is -0.572. The molecule has 4 heteroatoms. The minimum absolute atomic E-state index is 0.174. The lowest BCUT2D eigenvalue weighted by atomic mass is 9.67. The molecule has 4 nitrogen and oxygen atoms in total. The first-order valence-corrected chi connectivity index (χ1v) is 12.2. The Hall–Kier alpha value is -3.40. The summed E-state index contributed by atoms with van der Waals surface area (Å²) in [4.78, 5) is 26.0. The third kappa shape index (κ3) is 6.13. The van der Waals surface area contributed by atoms with Crippen LogP contribution in [0.2, 0.25) is 0 Å². The van der Waals surface area contributed by atoms with Crippen molar-refractivity contribution in [2.24, 2.45) is 0 Å². The molecule has 3 aromatic carbocycles. The van der Waals surface area contributed by atoms with Crippen molar-refractivity contribution in [3.05, 3.63) is 108 Å². The average Bonchev–Trinajstić information content (AvgIpc) is 2.90. The van der Waals surface area contributed by atoms with Gasteiger partial charge in [0.05, 0.1) is 12.5 Å². The molecule has 34 heavy (non-hydrogen) atoms. The molecule has 0 saturated carbocycles. The fraction of sp³-hybridized carbons (Fsp3) is 0.333. The van der Waals surface area contributed by atoms with E-state index in [1.54, 1.807) is 0 Å². The zero-order valence-corrected chi connectivity index (χ0v) is 20.2. The van der Waals surface area contributed by atoms with E-state index in [1.165, 1.54) is 7.11 Å². The molecule has 3 aromatic rings. The van der Waals surface area contributed by atoms with Gasteiger partial charge >= 0.3 is 5.97 Å². The maximum atomic E-state index is 13.6. The van der Waals surface area contributed by atoms with Gasteiger partial charge in [0, 0.05) is 6.42 Å². The van der Waals surface area contributed by atoms with E-state index in [9.17, 15) is 9.59 Å². The molecule has 1 amide bonds. The third-order valence-electron chi connectivity index (χ3n) is 6.39. The van der Waals surface area contributed by atoms with Crippen LogP contribution in [0.15, 0.2) is 91.0 Å². The number of ether oxygens (including phenoxy) is 1. The molecule has 3 rings (SSSR count). The summed E-state index contributed by atoms with van der Waals surface area (Å²) in [6.07, 6.45) is 4.88. The van der Waals surface area contributed by atoms with Gasteiger partial charge in [0.15, 0.2) is 0 Å². The van der Waals surface area contributed by atoms with Crippen molar-refractivity contribution in [2.75, 3.05) is 7.11 Å². The number of benzene rings is 3. The number of esters is 1. The number of hydrogen-bond donors (Lipinski definition) is 1. The Labute approximate surface area is 203 Å². The highest BCUT2D eigenvalue weighted by Gasteiger charge is 2.39. The maximum absolute atomic E-state index is 13.6. The summed E-state index contributed by atoms with van der Waals surface area (Å²) < 4.78 is 5.00. The van der Waals surface area contributed by atoms with Crippen LogP contribution in [0.25, 0.3) is 0 Å². The van der Waals surface area contributed by atoms with Crippen LogP contribution >= 0.6 is 0 Å². The van der Waals surface area contributed by atoms with Crippen molar-refractivity contribution in [1.82, 2.24) is 5.32 Å². The lowest BCUT2D eigenvalue weighted by molar-refractivity contribution is -0.145. The second-order valence-electron chi connectivity index (χ2n) is 8.67. The Balaban J connectivity index is 1.98. The predicted octanol–water partition coefficient (Wildman–Crippen LogP) is 6.04. The van der Waals surface area contributed by atoms with E-state index in [4.69, 9.17) is 4.74 Å². The Morgan fingerprint density at radius 1 is 0.765 bits per heavy atom. The Morgan fingerprint density at radius 2 is 1.24 bits per heavy atom. The van der Waals surface area contributed by atoms with Crippen molar-refractivity contribution in [1.29, 1.82) is 0 Å². The van der Waals surface area contributed by atoms with Crippen LogP contribution in [0.1, 0.15) is 62.1 Å². The smallest absolute Gasteiger partial charge is 0.328 e. The van der Waals surface area contributed by atoms with E-state index in [0.717, 1.165) is 42.4 Å². The zero-order valence-electron chi connectivity index (χ0n) is 20.2. The number of unbranched alkanes of at least 4 members (excludes halogenated alkanes) is 3. The van der Waals surface area contributed by atoms with Crippen molar-refractivity contribution in [3.63, 3.8) is 0 Å². The second-order valence-corrected chi connectivity index (χ2v) is 8.67. The first-order chi connectivity index (χ1) is 16.6. The van der Waals surface area contributed by atoms with E-state index >= 15 is 0 Å². The fourth-order valence-electron chi connectivity index (χ4n) is 4.63. The molecule has 0 fully saturated rings. The summed E-state index contributed by atoms with van der Waals surface area (Å²) in [7, 11) is 1.37. The molecule has 0 aromatic heterocycles. The van der Waals surface area contributed by atoms with Crippen LogP contribution < -0.4 is 5.32 Å². The normalized spacial score (nSPS) is 12.1. The van der Waals surface area contributed by atoms with Crippen LogP contribution in [0.3, 0.4) is 0 Å². The molecule has 0 aliphatic carbocycles. The maximum Gasteiger partial charge on any atom is 0.328 e. The number of carbonyl (C=O) groups excluding carboxylic acids is 2. The lowest BCUT2D eigenvalue weighted by Gasteiger charge is -2.36. The van der Waals surface area contributed by atoms with Gasteiger partial charge in [-0.05, 0) is 23.1 Å². The molecule has 1 N–H and O–H groups in total. The molecule has 0 radical (unpaired) electrons. The van der Waals surface area contributed by atoms with Gasteiger partial charge in [0.1, 0.15) is 6.04 Å². The molecule has 0 aliphatic rings. The number of amides is 1. The van der Waals surface area contributed by atoms with Crippen molar-refractivity contribution < 1.29 is 14.3 Å². The van der Waals surface area contributed by atoms with Gasteiger partial charge in [-0.3, -0.25) is 4.79 Å². The van der Waals surface area contributed by atoms with E-state index in [-0.39, 0.29) is 12.3 Å². The van der Waals surface area contributed by atoms with E-state index in [1.807, 2.05) is 54.6 Å². The Kier molecular flexibility index (Phi) is 9.45. The average molecular weight is 458 g/mol. The van der Waals surface area contributed by atoms with Crippen LogP contribution in [-0.2, 0) is 19.7 Å². The molecule has 1 atom stereocenters. The minimum Gasteiger partial charge on any atom is -0.467 e. The van der Waals surface area contributed by atoms with Gasteiger partial charge in [-0.1, -0.05) is 124 Å². The zero-order chi connectivity index (χ0) is 24.2. The van der Waals surface area contributed by atoms with Crippen molar-refractivity contribution in [3.8, 4) is 0 Å². The van der Waals surface area contributed by atoms with Crippen LogP contribution in [0, 0.1) is 0 Å². The topological polar surface area (TPSA) is 55.4 Å². The molecule has 0 heterocycles. The van der Waals surface area contributed by atoms with E-state index in [2.05, 4.69) is 48.6 Å². The number of hydrogen-bond acceptors (Lipinski definition) is 3. The molecule has 0 bridgehead atoms. The molecule has 178 valence electrons. The van der Waals surface area contributed by atoms with Gasteiger partial charge in [-0.2, -0.15) is 0 Å². The van der Waals surface area contributed by atoms with Crippen LogP contribution in [-0.4, -0.2) is 25.0 Å². The summed E-state index contributed by atoms with van der Waals surface area (Å²) in [6.45, 7) is 2.15. The fourth-order valence-corrected chi connectivity index (χ4v) is 4.63. The van der Waals surface area contributed by atoms with Crippen LogP contribution in [0.4, 0.5) is 0 Å². The summed E-state index contributed by atoms with van der Waals surface area (Å²) in [6, 6.07) is 29.7. The SMILES string of the molecule is CCCCCC[C@H](NC(=O)CC(c1ccccc1)(c1ccccc1)c1ccccc1)C(=O)OC. The van der Waals surface area contributed by atoms with E-state index < -0.39 is 17.4 Å². The van der Waals surface area contributed by atoms with Crippen molar-refractivity contribution >= 4 is 11.9 Å². The number of carbonyl (C=O) groups is 2. The Morgan fingerprint density at radius 3 is 1.65 bits per heavy atom. The first kappa shape index (κ1) is 25.2. The predicted molar refractivity (Wildman–Crippen MR) is 137 cm³/mol. The summed E-state index contributed by atoms with van der Waals surface area (Å²) in [5.41, 5.74) is 2.39. The van der Waals surface area contributed by atoms with Gasteiger partial charge in [0.2, 0.25) is 5.91 Å². The van der Waals surface area contributed by atoms with Gasteiger partial charge in [0.25, 0.3) is 0 Å². The van der Waals surface area contributed by atoms with Gasteiger partial charge in [-0.25, -0.2) is 4.79 Å². The van der Waals surface area contributed by atoms with Gasteiger partial charge < -0.3 is 10.1 Å². The van der Waals surface area contributed by atoms with Crippen molar-refractivity contribution in [2.45, 2.75) is 56.9 Å². The summed E-state index contributed by atoms with van der Waals surface area (Å²) >= 11 is 0. The molecule has 0 unspecified atom stereocenters. The number of rotatable bonds is 12. The first-order valence-electron chi connectivity index (χ1n) is 12.2. The molecule has 0 spiro atoms. The lowest BCUT2D eigenvalue weighted by Crippen LogP contribution is -2.45. The minimum atomic E-state index is -0.698. The second kappa shape index (κ2) is 12.7. The number of methoxy groups -OCH3 is 1. The molecule has 0 saturated heterocycles. The van der Waals surface area contributed by atoms with E-state index in [0.29, 0.717) is 6.42 Å². The number of nitrogens with one attached hydrogen (secondary N) is 1. The monoisotopic (exact) mass is 457 g/mol. The summed E-state index contributed by atoms with van der Waals surface area (Å²) in [5, 5.41) is 3.00. The highest BCUT2D eigenvalue weighted by molar-refractivity contribution is 5.86. The third-order valence-corrected chi connectivity index (χ3v) is 6.39. The largest absolute Gasteiger partial charge is 0.467 e. The molecular weight excluding hydrogens is 422 g/mol. The highest BCUT2D eigenvalue weighted by Crippen LogP contribution is 2.42.